The monoisotopic (exact) mass is 464 g/mol. The van der Waals surface area contributed by atoms with Crippen LogP contribution in [0.1, 0.15) is 17.0 Å². The Kier molecular flexibility index (Phi) is 7.09. The molecule has 2 amide bonds. The molecule has 1 N–H and O–H groups in total. The average Bonchev–Trinajstić information content (AvgIpc) is 3.25. The molecule has 0 aliphatic carbocycles. The molecular weight excluding hydrogens is 440 g/mol. The quantitative estimate of drug-likeness (QED) is 0.402. The summed E-state index contributed by atoms with van der Waals surface area (Å²) in [5, 5.41) is 3.38. The molecule has 1 aliphatic heterocycles. The number of anilines is 1. The number of rotatable bonds is 8. The highest BCUT2D eigenvalue weighted by Gasteiger charge is 2.20. The Balaban J connectivity index is 1.43. The molecule has 2 heterocycles. The molecule has 3 aromatic rings. The van der Waals surface area contributed by atoms with Gasteiger partial charge < -0.3 is 19.7 Å². The highest BCUT2D eigenvalue weighted by atomic mass is 32.2. The molecule has 0 spiro atoms. The predicted molar refractivity (Wildman–Crippen MR) is 125 cm³/mol. The number of amides is 2. The van der Waals surface area contributed by atoms with Gasteiger partial charge in [0.15, 0.2) is 16.7 Å². The number of hydrogen-bond acceptors (Lipinski definition) is 7. The summed E-state index contributed by atoms with van der Waals surface area (Å²) >= 11 is 1.26. The smallest absolute Gasteiger partial charge is 0.244 e. The van der Waals surface area contributed by atoms with Crippen molar-refractivity contribution in [1.29, 1.82) is 0 Å². The number of ether oxygens (including phenoxy) is 2. The first-order valence-electron chi connectivity index (χ1n) is 10.4. The van der Waals surface area contributed by atoms with Gasteiger partial charge in [-0.3, -0.25) is 9.59 Å². The van der Waals surface area contributed by atoms with Gasteiger partial charge in [0, 0.05) is 29.7 Å². The van der Waals surface area contributed by atoms with Crippen LogP contribution in [0.5, 0.6) is 11.5 Å². The van der Waals surface area contributed by atoms with Crippen LogP contribution in [0.3, 0.4) is 0 Å². The number of nitrogens with one attached hydrogen (secondary N) is 1. The zero-order chi connectivity index (χ0) is 23.2. The summed E-state index contributed by atoms with van der Waals surface area (Å²) in [6.45, 7) is 4.18. The molecule has 170 valence electrons. The van der Waals surface area contributed by atoms with E-state index in [1.54, 1.807) is 18.2 Å². The van der Waals surface area contributed by atoms with E-state index in [-0.39, 0.29) is 30.9 Å². The minimum absolute atomic E-state index is 0.0869. The van der Waals surface area contributed by atoms with Crippen LogP contribution < -0.4 is 14.8 Å². The first-order valence-corrected chi connectivity index (χ1v) is 11.4. The lowest BCUT2D eigenvalue weighted by Gasteiger charge is -2.22. The molecule has 0 fully saturated rings. The van der Waals surface area contributed by atoms with Crippen molar-refractivity contribution >= 4 is 29.3 Å². The van der Waals surface area contributed by atoms with E-state index in [1.165, 1.54) is 16.7 Å². The van der Waals surface area contributed by atoms with E-state index in [0.29, 0.717) is 28.9 Å². The van der Waals surface area contributed by atoms with Crippen molar-refractivity contribution in [1.82, 2.24) is 14.9 Å². The maximum absolute atomic E-state index is 13.1. The van der Waals surface area contributed by atoms with Gasteiger partial charge in [0.05, 0.1) is 5.75 Å². The van der Waals surface area contributed by atoms with Gasteiger partial charge in [0.1, 0.15) is 6.54 Å². The van der Waals surface area contributed by atoms with E-state index in [1.807, 2.05) is 50.2 Å². The van der Waals surface area contributed by atoms with Crippen LogP contribution in [-0.2, 0) is 16.1 Å². The Bertz CT molecular complexity index is 1140. The van der Waals surface area contributed by atoms with Gasteiger partial charge in [-0.25, -0.2) is 9.97 Å². The van der Waals surface area contributed by atoms with Crippen LogP contribution in [0.25, 0.3) is 0 Å². The van der Waals surface area contributed by atoms with Crippen LogP contribution in [-0.4, -0.2) is 45.8 Å². The third-order valence-corrected chi connectivity index (χ3v) is 5.68. The molecule has 2 aromatic carbocycles. The van der Waals surface area contributed by atoms with Gasteiger partial charge in [-0.1, -0.05) is 42.1 Å². The number of nitrogens with zero attached hydrogens (tertiary/aromatic N) is 3. The molecule has 0 radical (unpaired) electrons. The molecule has 0 saturated carbocycles. The van der Waals surface area contributed by atoms with E-state index in [2.05, 4.69) is 15.3 Å². The Morgan fingerprint density at radius 2 is 1.73 bits per heavy atom. The van der Waals surface area contributed by atoms with Crippen molar-refractivity contribution in [2.45, 2.75) is 25.5 Å². The Morgan fingerprint density at radius 1 is 1.00 bits per heavy atom. The molecule has 1 aromatic heterocycles. The van der Waals surface area contributed by atoms with Crippen molar-refractivity contribution in [2.24, 2.45) is 0 Å². The Hall–Kier alpha value is -3.59. The maximum atomic E-state index is 13.1. The molecule has 0 atom stereocenters. The van der Waals surface area contributed by atoms with Crippen LogP contribution in [0.4, 0.5) is 5.69 Å². The van der Waals surface area contributed by atoms with E-state index in [9.17, 15) is 9.59 Å². The molecule has 33 heavy (non-hydrogen) atoms. The van der Waals surface area contributed by atoms with Crippen LogP contribution in [0.15, 0.2) is 59.8 Å². The normalized spacial score (nSPS) is 11.8. The zero-order valence-electron chi connectivity index (χ0n) is 18.4. The third kappa shape index (κ3) is 6.23. The summed E-state index contributed by atoms with van der Waals surface area (Å²) < 4.78 is 10.7. The maximum Gasteiger partial charge on any atom is 0.244 e. The summed E-state index contributed by atoms with van der Waals surface area (Å²) in [5.74, 6) is 0.875. The fourth-order valence-electron chi connectivity index (χ4n) is 3.36. The predicted octanol–water partition coefficient (Wildman–Crippen LogP) is 3.58. The highest BCUT2D eigenvalue weighted by Crippen LogP contribution is 2.34. The van der Waals surface area contributed by atoms with Gasteiger partial charge in [-0.15, -0.1) is 0 Å². The summed E-state index contributed by atoms with van der Waals surface area (Å²) in [6.07, 6.45) is 0. The molecular formula is C24H24N4O4S. The summed E-state index contributed by atoms with van der Waals surface area (Å²) in [4.78, 5) is 36.1. The second kappa shape index (κ2) is 10.4. The third-order valence-electron chi connectivity index (χ3n) is 4.85. The van der Waals surface area contributed by atoms with Crippen molar-refractivity contribution in [3.8, 4) is 11.5 Å². The minimum Gasteiger partial charge on any atom is -0.454 e. The lowest BCUT2D eigenvalue weighted by atomic mass is 10.2. The largest absolute Gasteiger partial charge is 0.454 e. The Morgan fingerprint density at radius 3 is 2.48 bits per heavy atom. The number of carbonyl (C=O) groups is 2. The molecule has 0 saturated heterocycles. The van der Waals surface area contributed by atoms with E-state index in [0.717, 1.165) is 17.0 Å². The van der Waals surface area contributed by atoms with Gasteiger partial charge >= 0.3 is 0 Å². The van der Waals surface area contributed by atoms with Crippen molar-refractivity contribution in [2.75, 3.05) is 24.4 Å². The van der Waals surface area contributed by atoms with Crippen LogP contribution in [0, 0.1) is 13.8 Å². The second-order valence-electron chi connectivity index (χ2n) is 7.57. The number of hydrogen-bond donors (Lipinski definition) is 1. The van der Waals surface area contributed by atoms with Crippen molar-refractivity contribution < 1.29 is 19.1 Å². The van der Waals surface area contributed by atoms with Gasteiger partial charge in [-0.2, -0.15) is 0 Å². The summed E-state index contributed by atoms with van der Waals surface area (Å²) in [5.41, 5.74) is 3.21. The fraction of sp³-hybridized carbons (Fsp3) is 0.250. The Labute approximate surface area is 196 Å². The molecule has 8 nitrogen and oxygen atoms in total. The lowest BCUT2D eigenvalue weighted by molar-refractivity contribution is -0.132. The summed E-state index contributed by atoms with van der Waals surface area (Å²) in [6, 6.07) is 16.6. The topological polar surface area (TPSA) is 93.7 Å². The average molecular weight is 465 g/mol. The van der Waals surface area contributed by atoms with Crippen molar-refractivity contribution in [3.05, 3.63) is 71.5 Å². The highest BCUT2D eigenvalue weighted by molar-refractivity contribution is 7.99. The molecule has 0 unspecified atom stereocenters. The number of aromatic nitrogens is 2. The van der Waals surface area contributed by atoms with E-state index >= 15 is 0 Å². The van der Waals surface area contributed by atoms with Gasteiger partial charge in [-0.05, 0) is 37.6 Å². The number of carbonyl (C=O) groups excluding carboxylic acids is 2. The number of thioether (sulfide) groups is 1. The second-order valence-corrected chi connectivity index (χ2v) is 8.52. The molecule has 1 aliphatic rings. The van der Waals surface area contributed by atoms with Gasteiger partial charge in [0.25, 0.3) is 0 Å². The van der Waals surface area contributed by atoms with E-state index < -0.39 is 0 Å². The number of fused-ring (bicyclic) bond motifs is 1. The van der Waals surface area contributed by atoms with Crippen LogP contribution in [0.2, 0.25) is 0 Å². The molecule has 9 heteroatoms. The first kappa shape index (κ1) is 22.6. The van der Waals surface area contributed by atoms with E-state index in [4.69, 9.17) is 9.47 Å². The standard InChI is InChI=1S/C24H24N4O4S/c1-16-10-17(2)26-24(25-16)33-14-23(30)28(12-18-6-4-3-5-7-18)13-22(29)27-19-8-9-20-21(11-19)32-15-31-20/h3-11H,12-15H2,1-2H3,(H,27,29). The first-order chi connectivity index (χ1) is 16.0. The molecule has 0 bridgehead atoms. The van der Waals surface area contributed by atoms with Crippen molar-refractivity contribution in [3.63, 3.8) is 0 Å². The summed E-state index contributed by atoms with van der Waals surface area (Å²) in [7, 11) is 0. The van der Waals surface area contributed by atoms with Gasteiger partial charge in [0.2, 0.25) is 18.6 Å². The molecule has 4 rings (SSSR count). The fourth-order valence-corrected chi connectivity index (χ4v) is 4.21. The number of benzene rings is 2. The number of aryl methyl sites for hydroxylation is 2. The minimum atomic E-state index is -0.300. The lowest BCUT2D eigenvalue weighted by Crippen LogP contribution is -2.38. The zero-order valence-corrected chi connectivity index (χ0v) is 19.2. The van der Waals surface area contributed by atoms with Crippen LogP contribution >= 0.6 is 11.8 Å². The SMILES string of the molecule is Cc1cc(C)nc(SCC(=O)N(CC(=O)Nc2ccc3c(c2)OCO3)Cc2ccccc2)n1.